The Kier molecular flexibility index (Phi) is 2.59. The van der Waals surface area contributed by atoms with Gasteiger partial charge in [0.15, 0.2) is 0 Å². The predicted molar refractivity (Wildman–Crippen MR) is 59.0 cm³/mol. The fourth-order valence-corrected chi connectivity index (χ4v) is 1.74. The highest BCUT2D eigenvalue weighted by Gasteiger charge is 2.16. The van der Waals surface area contributed by atoms with Crippen molar-refractivity contribution in [3.63, 3.8) is 0 Å². The summed E-state index contributed by atoms with van der Waals surface area (Å²) in [7, 11) is 1.73. The van der Waals surface area contributed by atoms with Crippen molar-refractivity contribution in [1.29, 1.82) is 0 Å². The SMILES string of the molecule is COCC1CNc2ccc(C)cc2N1. The molecule has 14 heavy (non-hydrogen) atoms. The van der Waals surface area contributed by atoms with Gasteiger partial charge in [-0.3, -0.25) is 0 Å². The smallest absolute Gasteiger partial charge is 0.0681 e. The number of aryl methyl sites for hydroxylation is 1. The lowest BCUT2D eigenvalue weighted by molar-refractivity contribution is 0.188. The molecule has 1 unspecified atom stereocenters. The van der Waals surface area contributed by atoms with E-state index in [1.807, 2.05) is 0 Å². The van der Waals surface area contributed by atoms with Crippen LogP contribution in [0.1, 0.15) is 5.56 Å². The second-order valence-corrected chi connectivity index (χ2v) is 3.73. The van der Waals surface area contributed by atoms with Crippen LogP contribution in [0.3, 0.4) is 0 Å². The number of hydrogen-bond donors (Lipinski definition) is 2. The molecule has 0 aromatic heterocycles. The third-order valence-electron chi connectivity index (χ3n) is 2.44. The molecular weight excluding hydrogens is 176 g/mol. The molecule has 1 heterocycles. The maximum atomic E-state index is 5.12. The molecule has 3 heteroatoms. The van der Waals surface area contributed by atoms with Gasteiger partial charge >= 0.3 is 0 Å². The van der Waals surface area contributed by atoms with E-state index in [2.05, 4.69) is 35.8 Å². The zero-order valence-electron chi connectivity index (χ0n) is 8.63. The van der Waals surface area contributed by atoms with Crippen LogP contribution < -0.4 is 10.6 Å². The van der Waals surface area contributed by atoms with E-state index in [0.717, 1.165) is 13.2 Å². The molecule has 1 aromatic rings. The average Bonchev–Trinajstić information content (AvgIpc) is 2.17. The fourth-order valence-electron chi connectivity index (χ4n) is 1.74. The van der Waals surface area contributed by atoms with Gasteiger partial charge in [-0.15, -0.1) is 0 Å². The summed E-state index contributed by atoms with van der Waals surface area (Å²) in [5.41, 5.74) is 3.64. The van der Waals surface area contributed by atoms with Crippen molar-refractivity contribution in [1.82, 2.24) is 0 Å². The normalized spacial score (nSPS) is 19.4. The Morgan fingerprint density at radius 1 is 1.43 bits per heavy atom. The summed E-state index contributed by atoms with van der Waals surface area (Å²) < 4.78 is 5.12. The van der Waals surface area contributed by atoms with Crippen molar-refractivity contribution in [2.24, 2.45) is 0 Å². The Bertz CT molecular complexity index is 325. The molecule has 1 aliphatic heterocycles. The molecular formula is C11H16N2O. The molecule has 1 aliphatic rings. The van der Waals surface area contributed by atoms with Crippen LogP contribution in [-0.2, 0) is 4.74 Å². The lowest BCUT2D eigenvalue weighted by Crippen LogP contribution is -2.36. The van der Waals surface area contributed by atoms with Crippen LogP contribution >= 0.6 is 0 Å². The highest BCUT2D eigenvalue weighted by atomic mass is 16.5. The summed E-state index contributed by atoms with van der Waals surface area (Å²) >= 11 is 0. The van der Waals surface area contributed by atoms with Crippen molar-refractivity contribution < 1.29 is 4.74 Å². The van der Waals surface area contributed by atoms with Gasteiger partial charge in [0.05, 0.1) is 24.0 Å². The van der Waals surface area contributed by atoms with Gasteiger partial charge in [0.1, 0.15) is 0 Å². The van der Waals surface area contributed by atoms with Crippen molar-refractivity contribution in [3.8, 4) is 0 Å². The number of fused-ring (bicyclic) bond motifs is 1. The third kappa shape index (κ3) is 1.82. The van der Waals surface area contributed by atoms with E-state index in [4.69, 9.17) is 4.74 Å². The summed E-state index contributed by atoms with van der Waals surface area (Å²) in [6.45, 7) is 3.76. The Morgan fingerprint density at radius 3 is 3.07 bits per heavy atom. The monoisotopic (exact) mass is 192 g/mol. The first-order chi connectivity index (χ1) is 6.79. The van der Waals surface area contributed by atoms with E-state index in [1.165, 1.54) is 16.9 Å². The molecule has 3 nitrogen and oxygen atoms in total. The lowest BCUT2D eigenvalue weighted by Gasteiger charge is -2.28. The van der Waals surface area contributed by atoms with Gasteiger partial charge < -0.3 is 15.4 Å². The minimum Gasteiger partial charge on any atom is -0.382 e. The van der Waals surface area contributed by atoms with Crippen LogP contribution in [0, 0.1) is 6.92 Å². The molecule has 1 aromatic carbocycles. The molecule has 0 amide bonds. The number of methoxy groups -OCH3 is 1. The van der Waals surface area contributed by atoms with Gasteiger partial charge in [-0.05, 0) is 24.6 Å². The molecule has 0 fully saturated rings. The molecule has 1 atom stereocenters. The molecule has 0 radical (unpaired) electrons. The number of anilines is 2. The summed E-state index contributed by atoms with van der Waals surface area (Å²) in [5, 5.41) is 6.83. The number of benzene rings is 1. The maximum Gasteiger partial charge on any atom is 0.0681 e. The van der Waals surface area contributed by atoms with E-state index in [9.17, 15) is 0 Å². The maximum absolute atomic E-state index is 5.12. The predicted octanol–water partition coefficient (Wildman–Crippen LogP) is 1.85. The van der Waals surface area contributed by atoms with Crippen LogP contribution in [0.5, 0.6) is 0 Å². The molecule has 2 N–H and O–H groups in total. The van der Waals surface area contributed by atoms with Gasteiger partial charge in [-0.2, -0.15) is 0 Å². The number of nitrogens with one attached hydrogen (secondary N) is 2. The Balaban J connectivity index is 2.16. The molecule has 0 aliphatic carbocycles. The minimum atomic E-state index is 0.370. The van der Waals surface area contributed by atoms with Gasteiger partial charge in [-0.1, -0.05) is 6.07 Å². The van der Waals surface area contributed by atoms with Crippen molar-refractivity contribution in [3.05, 3.63) is 23.8 Å². The van der Waals surface area contributed by atoms with Crippen LogP contribution in [0.4, 0.5) is 11.4 Å². The van der Waals surface area contributed by atoms with E-state index < -0.39 is 0 Å². The molecule has 0 bridgehead atoms. The summed E-state index contributed by atoms with van der Waals surface area (Å²) in [6, 6.07) is 6.75. The number of ether oxygens (including phenoxy) is 1. The highest BCUT2D eigenvalue weighted by molar-refractivity contribution is 5.72. The second kappa shape index (κ2) is 3.88. The van der Waals surface area contributed by atoms with Crippen LogP contribution in [-0.4, -0.2) is 26.3 Å². The van der Waals surface area contributed by atoms with Crippen LogP contribution in [0.2, 0.25) is 0 Å². The topological polar surface area (TPSA) is 33.3 Å². The third-order valence-corrected chi connectivity index (χ3v) is 2.44. The van der Waals surface area contributed by atoms with Gasteiger partial charge in [0.25, 0.3) is 0 Å². The van der Waals surface area contributed by atoms with E-state index in [0.29, 0.717) is 6.04 Å². The summed E-state index contributed by atoms with van der Waals surface area (Å²) in [6.07, 6.45) is 0. The van der Waals surface area contributed by atoms with Crippen LogP contribution in [0.15, 0.2) is 18.2 Å². The molecule has 2 rings (SSSR count). The van der Waals surface area contributed by atoms with Crippen molar-refractivity contribution >= 4 is 11.4 Å². The quantitative estimate of drug-likeness (QED) is 0.750. The minimum absolute atomic E-state index is 0.370. The van der Waals surface area contributed by atoms with Gasteiger partial charge in [-0.25, -0.2) is 0 Å². The van der Waals surface area contributed by atoms with Crippen molar-refractivity contribution in [2.45, 2.75) is 13.0 Å². The Hall–Kier alpha value is -1.22. The van der Waals surface area contributed by atoms with E-state index in [1.54, 1.807) is 7.11 Å². The molecule has 76 valence electrons. The lowest BCUT2D eigenvalue weighted by atomic mass is 10.1. The second-order valence-electron chi connectivity index (χ2n) is 3.73. The molecule has 0 spiro atoms. The summed E-state index contributed by atoms with van der Waals surface area (Å²) in [4.78, 5) is 0. The fraction of sp³-hybridized carbons (Fsp3) is 0.455. The Morgan fingerprint density at radius 2 is 2.29 bits per heavy atom. The number of hydrogen-bond acceptors (Lipinski definition) is 3. The molecule has 0 saturated carbocycles. The number of rotatable bonds is 2. The largest absolute Gasteiger partial charge is 0.382 e. The zero-order valence-corrected chi connectivity index (χ0v) is 8.63. The summed E-state index contributed by atoms with van der Waals surface area (Å²) in [5.74, 6) is 0. The van der Waals surface area contributed by atoms with E-state index >= 15 is 0 Å². The first-order valence-corrected chi connectivity index (χ1v) is 4.89. The first-order valence-electron chi connectivity index (χ1n) is 4.89. The van der Waals surface area contributed by atoms with Crippen molar-refractivity contribution in [2.75, 3.05) is 30.9 Å². The highest BCUT2D eigenvalue weighted by Crippen LogP contribution is 2.26. The standard InChI is InChI=1S/C11H16N2O/c1-8-3-4-10-11(5-8)13-9(6-12-10)7-14-2/h3-5,9,12-13H,6-7H2,1-2H3. The van der Waals surface area contributed by atoms with E-state index in [-0.39, 0.29) is 0 Å². The van der Waals surface area contributed by atoms with Crippen LogP contribution in [0.25, 0.3) is 0 Å². The Labute approximate surface area is 84.5 Å². The van der Waals surface area contributed by atoms with Gasteiger partial charge in [0.2, 0.25) is 0 Å². The zero-order chi connectivity index (χ0) is 9.97. The molecule has 0 saturated heterocycles. The first kappa shape index (κ1) is 9.34. The van der Waals surface area contributed by atoms with Gasteiger partial charge in [0, 0.05) is 13.7 Å². The average molecular weight is 192 g/mol.